The van der Waals surface area contributed by atoms with Gasteiger partial charge < -0.3 is 40.7 Å². The molecule has 66 heavy (non-hydrogen) atoms. The van der Waals surface area contributed by atoms with Crippen LogP contribution in [0.5, 0.6) is 5.75 Å². The standard InChI is InChI=1S/C49H62ClN9O7/c1-47(2,3)41(44(64)58-29-36(60)25-39(58)43(63)53-28-31-11-18-35(19-12-31)59-54-22-23-55-59)56-40(61)30-65-24-10-8-9-21-52-34-16-13-32(14-17-34)42(62)57-45-48(4,5)46(49(45,6)7)66-37-20-15-33(27-51)38(50)26-37/h11-20,22-23,26,36,39,41,45-46,52,60H,8-10,21,24-25,28-30H2,1-7H3,(H,53,63)(H,56,61)(H,57,62)/t36-,39+,41-,45-,46-/m1/s1. The second kappa shape index (κ2) is 21.1. The fraction of sp³-hybridized carbons (Fsp3) is 0.490. The summed E-state index contributed by atoms with van der Waals surface area (Å²) in [5.74, 6) is -0.860. The third kappa shape index (κ3) is 11.9. The molecule has 5 N–H and O–H groups in total. The van der Waals surface area contributed by atoms with E-state index < -0.39 is 35.4 Å². The molecule has 1 aliphatic heterocycles. The number of benzene rings is 3. The lowest BCUT2D eigenvalue weighted by Gasteiger charge is -2.63. The number of hydrogen-bond acceptors (Lipinski definition) is 11. The molecule has 4 amide bonds. The van der Waals surface area contributed by atoms with Crippen LogP contribution in [0.4, 0.5) is 5.69 Å². The van der Waals surface area contributed by atoms with E-state index in [4.69, 9.17) is 21.1 Å². The van der Waals surface area contributed by atoms with Crippen LogP contribution in [0, 0.1) is 27.6 Å². The van der Waals surface area contributed by atoms with Crippen LogP contribution in [0.2, 0.25) is 5.02 Å². The predicted molar refractivity (Wildman–Crippen MR) is 250 cm³/mol. The molecule has 1 saturated heterocycles. The first-order chi connectivity index (χ1) is 31.3. The van der Waals surface area contributed by atoms with Crippen molar-refractivity contribution in [2.45, 2.75) is 111 Å². The highest BCUT2D eigenvalue weighted by atomic mass is 35.5. The molecule has 0 spiro atoms. The molecule has 0 bridgehead atoms. The van der Waals surface area contributed by atoms with Crippen molar-refractivity contribution in [3.05, 3.63) is 101 Å². The number of amides is 4. The number of anilines is 1. The van der Waals surface area contributed by atoms with Crippen LogP contribution in [0.1, 0.15) is 95.6 Å². The first-order valence-electron chi connectivity index (χ1n) is 22.4. The maximum atomic E-state index is 13.9. The first-order valence-corrected chi connectivity index (χ1v) is 22.8. The van der Waals surface area contributed by atoms with Crippen LogP contribution < -0.4 is 26.0 Å². The van der Waals surface area contributed by atoms with Crippen LogP contribution in [0.3, 0.4) is 0 Å². The molecule has 3 aromatic carbocycles. The van der Waals surface area contributed by atoms with Gasteiger partial charge >= 0.3 is 0 Å². The van der Waals surface area contributed by atoms with Gasteiger partial charge in [-0.15, -0.1) is 0 Å². The van der Waals surface area contributed by atoms with Gasteiger partial charge in [0.2, 0.25) is 17.7 Å². The van der Waals surface area contributed by atoms with Crippen molar-refractivity contribution in [2.24, 2.45) is 16.2 Å². The van der Waals surface area contributed by atoms with Gasteiger partial charge in [-0.3, -0.25) is 19.2 Å². The smallest absolute Gasteiger partial charge is 0.251 e. The van der Waals surface area contributed by atoms with Crippen molar-refractivity contribution in [2.75, 3.05) is 31.6 Å². The highest BCUT2D eigenvalue weighted by Crippen LogP contribution is 2.55. The lowest BCUT2D eigenvalue weighted by Crippen LogP contribution is -2.74. The number of aliphatic hydroxyl groups excluding tert-OH is 1. The Balaban J connectivity index is 0.875. The number of β-amino-alcohol motifs (C(OH)–C–C–N with tert-alkyl or cyclic N) is 1. The van der Waals surface area contributed by atoms with E-state index in [1.54, 1.807) is 42.7 Å². The number of nitriles is 1. The number of nitrogens with zero attached hydrogens (tertiary/aromatic N) is 5. The van der Waals surface area contributed by atoms with Gasteiger partial charge in [-0.1, -0.05) is 72.2 Å². The van der Waals surface area contributed by atoms with Gasteiger partial charge in [0, 0.05) is 66.9 Å². The number of carbonyl (C=O) groups excluding carboxylic acids is 4. The SMILES string of the molecule is CC(C)(C)[C@H](NC(=O)COCCCCCNc1ccc(C(=O)N[C@H]2C(C)(C)[C@H](Oc3ccc(C#N)c(Cl)c3)C2(C)C)cc1)C(=O)N1C[C@H](O)C[C@H]1C(=O)NCc1ccc(-n2nccn2)cc1. The van der Waals surface area contributed by atoms with E-state index >= 15 is 0 Å². The Labute approximate surface area is 391 Å². The number of rotatable bonds is 19. The molecule has 1 aromatic heterocycles. The molecule has 1 aliphatic carbocycles. The normalized spacial score (nSPS) is 20.0. The summed E-state index contributed by atoms with van der Waals surface area (Å²) in [6.07, 6.45) is 4.61. The molecule has 352 valence electrons. The number of unbranched alkanes of at least 4 members (excludes halogenated alkanes) is 2. The van der Waals surface area contributed by atoms with E-state index in [-0.39, 0.29) is 60.9 Å². The molecule has 4 aromatic rings. The van der Waals surface area contributed by atoms with Crippen LogP contribution >= 0.6 is 11.6 Å². The Morgan fingerprint density at radius 3 is 2.27 bits per heavy atom. The van der Waals surface area contributed by atoms with E-state index in [0.29, 0.717) is 35.1 Å². The summed E-state index contributed by atoms with van der Waals surface area (Å²) in [5, 5.41) is 40.6. The van der Waals surface area contributed by atoms with Crippen molar-refractivity contribution in [3.63, 3.8) is 0 Å². The van der Waals surface area contributed by atoms with E-state index in [2.05, 4.69) is 65.2 Å². The molecular weight excluding hydrogens is 862 g/mol. The summed E-state index contributed by atoms with van der Waals surface area (Å²) in [6.45, 7) is 14.8. The molecule has 6 rings (SSSR count). The number of carbonyl (C=O) groups is 4. The third-order valence-electron chi connectivity index (χ3n) is 12.4. The average molecular weight is 925 g/mol. The maximum absolute atomic E-state index is 13.9. The Bertz CT molecular complexity index is 2340. The molecule has 3 atom stereocenters. The first kappa shape index (κ1) is 49.4. The molecule has 2 heterocycles. The van der Waals surface area contributed by atoms with Crippen LogP contribution in [-0.2, 0) is 25.7 Å². The largest absolute Gasteiger partial charge is 0.489 e. The van der Waals surface area contributed by atoms with E-state index in [1.807, 2.05) is 57.2 Å². The number of aromatic nitrogens is 3. The van der Waals surface area contributed by atoms with Gasteiger partial charge in [-0.2, -0.15) is 20.3 Å². The minimum Gasteiger partial charge on any atom is -0.489 e. The van der Waals surface area contributed by atoms with Crippen molar-refractivity contribution in [1.82, 2.24) is 35.8 Å². The zero-order valence-electron chi connectivity index (χ0n) is 38.8. The molecule has 1 saturated carbocycles. The fourth-order valence-electron chi connectivity index (χ4n) is 9.18. The molecule has 0 radical (unpaired) electrons. The summed E-state index contributed by atoms with van der Waals surface area (Å²) < 4.78 is 12.0. The Kier molecular flexibility index (Phi) is 15.8. The molecule has 16 nitrogen and oxygen atoms in total. The van der Waals surface area contributed by atoms with Gasteiger partial charge in [0.25, 0.3) is 5.91 Å². The number of aliphatic hydroxyl groups is 1. The monoisotopic (exact) mass is 923 g/mol. The lowest BCUT2D eigenvalue weighted by molar-refractivity contribution is -0.164. The number of likely N-dealkylation sites (tertiary alicyclic amines) is 1. The topological polar surface area (TPSA) is 213 Å². The van der Waals surface area contributed by atoms with E-state index in [0.717, 1.165) is 36.2 Å². The maximum Gasteiger partial charge on any atom is 0.251 e. The minimum absolute atomic E-state index is 0.0192. The molecule has 0 unspecified atom stereocenters. The number of hydrogen-bond donors (Lipinski definition) is 5. The quantitative estimate of drug-likeness (QED) is 0.0708. The molecule has 2 fully saturated rings. The molecule has 17 heteroatoms. The predicted octanol–water partition coefficient (Wildman–Crippen LogP) is 5.81. The Morgan fingerprint density at radius 2 is 1.64 bits per heavy atom. The number of halogens is 1. The van der Waals surface area contributed by atoms with E-state index in [9.17, 15) is 29.5 Å². The van der Waals surface area contributed by atoms with Crippen LogP contribution in [-0.4, -0.2) is 105 Å². The Morgan fingerprint density at radius 1 is 0.955 bits per heavy atom. The summed E-state index contributed by atoms with van der Waals surface area (Å²) in [4.78, 5) is 56.6. The third-order valence-corrected chi connectivity index (χ3v) is 12.8. The minimum atomic E-state index is -0.954. The average Bonchev–Trinajstić information content (AvgIpc) is 3.97. The summed E-state index contributed by atoms with van der Waals surface area (Å²) in [6, 6.07) is 19.8. The molecule has 2 aliphatic rings. The highest BCUT2D eigenvalue weighted by Gasteiger charge is 2.64. The second-order valence-electron chi connectivity index (χ2n) is 19.4. The van der Waals surface area contributed by atoms with Gasteiger partial charge in [0.15, 0.2) is 0 Å². The number of ether oxygens (including phenoxy) is 2. The van der Waals surface area contributed by atoms with Gasteiger partial charge in [0.1, 0.15) is 36.6 Å². The van der Waals surface area contributed by atoms with Gasteiger partial charge in [0.05, 0.1) is 34.8 Å². The van der Waals surface area contributed by atoms with E-state index in [1.165, 1.54) is 9.70 Å². The van der Waals surface area contributed by atoms with Gasteiger partial charge in [-0.05, 0) is 78.8 Å². The van der Waals surface area contributed by atoms with Crippen molar-refractivity contribution < 1.29 is 33.8 Å². The fourth-order valence-corrected chi connectivity index (χ4v) is 9.39. The zero-order valence-corrected chi connectivity index (χ0v) is 39.5. The number of nitrogens with one attached hydrogen (secondary N) is 4. The van der Waals surface area contributed by atoms with Crippen molar-refractivity contribution in [3.8, 4) is 17.5 Å². The highest BCUT2D eigenvalue weighted by molar-refractivity contribution is 6.31. The zero-order chi connectivity index (χ0) is 47.8. The Hall–Kier alpha value is -6.02. The second-order valence-corrected chi connectivity index (χ2v) is 19.8. The molecular formula is C49H62ClN9O7. The van der Waals surface area contributed by atoms with Crippen molar-refractivity contribution in [1.29, 1.82) is 5.26 Å². The van der Waals surface area contributed by atoms with Crippen molar-refractivity contribution >= 4 is 40.9 Å². The van der Waals surface area contributed by atoms with Crippen LogP contribution in [0.15, 0.2) is 79.1 Å². The summed E-state index contributed by atoms with van der Waals surface area (Å²) in [5.41, 5.74) is 1.99. The van der Waals surface area contributed by atoms with Crippen LogP contribution in [0.25, 0.3) is 5.69 Å². The lowest BCUT2D eigenvalue weighted by atomic mass is 9.49. The summed E-state index contributed by atoms with van der Waals surface area (Å²) in [7, 11) is 0. The summed E-state index contributed by atoms with van der Waals surface area (Å²) >= 11 is 6.23. The van der Waals surface area contributed by atoms with Gasteiger partial charge in [-0.25, -0.2) is 0 Å².